The van der Waals surface area contributed by atoms with Crippen molar-refractivity contribution in [3.8, 4) is 0 Å². The maximum atomic E-state index is 12.3. The molecule has 1 aliphatic heterocycles. The summed E-state index contributed by atoms with van der Waals surface area (Å²) in [6, 6.07) is 11.6. The molecule has 2 aromatic rings. The monoisotopic (exact) mass is 381 g/mol. The lowest BCUT2D eigenvalue weighted by Crippen LogP contribution is -2.29. The van der Waals surface area contributed by atoms with Crippen molar-refractivity contribution in [3.63, 3.8) is 0 Å². The fraction of sp³-hybridized carbons (Fsp3) is 0.0714. The number of benzene rings is 2. The van der Waals surface area contributed by atoms with E-state index >= 15 is 0 Å². The Kier molecular flexibility index (Phi) is 3.90. The highest BCUT2D eigenvalue weighted by atomic mass is 79.9. The molecule has 0 bridgehead atoms. The zero-order valence-electron chi connectivity index (χ0n) is 11.3. The normalized spacial score (nSPS) is 13.6. The first kappa shape index (κ1) is 15.0. The van der Waals surface area contributed by atoms with Gasteiger partial charge in [0.1, 0.15) is 0 Å². The summed E-state index contributed by atoms with van der Waals surface area (Å²) in [5.74, 6) is -0.134. The standard InChI is InChI=1S/C14H12BrN3O3S/c15-10-1-3-11(4-2-10)17-18-22(20,21)12-5-6-13-9(7-12)8-14(19)16-13/h1-7,17-18H,8H2,(H,16,19). The summed E-state index contributed by atoms with van der Waals surface area (Å²) < 4.78 is 25.4. The molecule has 0 unspecified atom stereocenters. The van der Waals surface area contributed by atoms with Crippen molar-refractivity contribution in [2.75, 3.05) is 10.7 Å². The van der Waals surface area contributed by atoms with Gasteiger partial charge in [0.2, 0.25) is 5.91 Å². The Morgan fingerprint density at radius 1 is 1.09 bits per heavy atom. The summed E-state index contributed by atoms with van der Waals surface area (Å²) >= 11 is 3.31. The van der Waals surface area contributed by atoms with E-state index in [0.717, 1.165) is 4.47 Å². The van der Waals surface area contributed by atoms with Gasteiger partial charge in [0.25, 0.3) is 10.0 Å². The lowest BCUT2D eigenvalue weighted by Gasteiger charge is -2.10. The first-order valence-electron chi connectivity index (χ1n) is 6.40. The van der Waals surface area contributed by atoms with Gasteiger partial charge in [-0.15, -0.1) is 4.83 Å². The third kappa shape index (κ3) is 3.13. The summed E-state index contributed by atoms with van der Waals surface area (Å²) in [4.78, 5) is 13.7. The van der Waals surface area contributed by atoms with Gasteiger partial charge in [-0.1, -0.05) is 15.9 Å². The summed E-state index contributed by atoms with van der Waals surface area (Å²) in [6.45, 7) is 0. The molecule has 0 radical (unpaired) electrons. The Morgan fingerprint density at radius 3 is 2.55 bits per heavy atom. The van der Waals surface area contributed by atoms with E-state index in [1.54, 1.807) is 30.3 Å². The minimum Gasteiger partial charge on any atom is -0.326 e. The maximum absolute atomic E-state index is 12.3. The van der Waals surface area contributed by atoms with E-state index in [-0.39, 0.29) is 17.2 Å². The van der Waals surface area contributed by atoms with Gasteiger partial charge < -0.3 is 10.7 Å². The van der Waals surface area contributed by atoms with Gasteiger partial charge in [0.15, 0.2) is 0 Å². The van der Waals surface area contributed by atoms with Crippen LogP contribution in [0.5, 0.6) is 0 Å². The molecule has 2 aromatic carbocycles. The van der Waals surface area contributed by atoms with Crippen molar-refractivity contribution >= 4 is 43.2 Å². The molecular weight excluding hydrogens is 370 g/mol. The number of anilines is 2. The van der Waals surface area contributed by atoms with Crippen molar-refractivity contribution in [1.82, 2.24) is 4.83 Å². The number of rotatable bonds is 4. The van der Waals surface area contributed by atoms with Crippen LogP contribution >= 0.6 is 15.9 Å². The zero-order chi connectivity index (χ0) is 15.7. The fourth-order valence-corrected chi connectivity index (χ4v) is 3.27. The van der Waals surface area contributed by atoms with Crippen LogP contribution in [0.3, 0.4) is 0 Å². The number of halogens is 1. The number of amides is 1. The van der Waals surface area contributed by atoms with Crippen molar-refractivity contribution in [2.45, 2.75) is 11.3 Å². The molecule has 114 valence electrons. The largest absolute Gasteiger partial charge is 0.326 e. The summed E-state index contributed by atoms with van der Waals surface area (Å²) in [7, 11) is -3.72. The quantitative estimate of drug-likeness (QED) is 0.708. The minimum absolute atomic E-state index is 0.104. The van der Waals surface area contributed by atoms with Crippen LogP contribution in [0.25, 0.3) is 0 Å². The number of carbonyl (C=O) groups is 1. The van der Waals surface area contributed by atoms with Crippen LogP contribution in [0.1, 0.15) is 5.56 Å². The van der Waals surface area contributed by atoms with E-state index in [1.165, 1.54) is 12.1 Å². The third-order valence-corrected chi connectivity index (χ3v) is 4.96. The van der Waals surface area contributed by atoms with Gasteiger partial charge >= 0.3 is 0 Å². The van der Waals surface area contributed by atoms with Gasteiger partial charge in [0, 0.05) is 15.8 Å². The Morgan fingerprint density at radius 2 is 1.82 bits per heavy atom. The number of carbonyl (C=O) groups excluding carboxylic acids is 1. The number of hydrogen-bond acceptors (Lipinski definition) is 4. The van der Waals surface area contributed by atoms with Crippen LogP contribution in [-0.4, -0.2) is 14.3 Å². The van der Waals surface area contributed by atoms with Crippen molar-refractivity contribution in [1.29, 1.82) is 0 Å². The lowest BCUT2D eigenvalue weighted by atomic mass is 10.2. The second-order valence-electron chi connectivity index (χ2n) is 4.78. The number of sulfonamides is 1. The van der Waals surface area contributed by atoms with E-state index < -0.39 is 10.0 Å². The molecular formula is C14H12BrN3O3S. The molecule has 0 aromatic heterocycles. The van der Waals surface area contributed by atoms with Gasteiger partial charge in [-0.25, -0.2) is 8.42 Å². The predicted molar refractivity (Wildman–Crippen MR) is 86.9 cm³/mol. The molecule has 0 spiro atoms. The average molecular weight is 382 g/mol. The van der Waals surface area contributed by atoms with Gasteiger partial charge in [-0.3, -0.25) is 4.79 Å². The molecule has 0 saturated carbocycles. The van der Waals surface area contributed by atoms with Crippen LogP contribution in [0.15, 0.2) is 51.8 Å². The smallest absolute Gasteiger partial charge is 0.257 e. The van der Waals surface area contributed by atoms with E-state index in [0.29, 0.717) is 16.9 Å². The van der Waals surface area contributed by atoms with Gasteiger partial charge in [0.05, 0.1) is 11.3 Å². The highest BCUT2D eigenvalue weighted by molar-refractivity contribution is 9.10. The van der Waals surface area contributed by atoms with Crippen LogP contribution in [0.2, 0.25) is 0 Å². The molecule has 0 aliphatic carbocycles. The lowest BCUT2D eigenvalue weighted by molar-refractivity contribution is -0.115. The predicted octanol–water partition coefficient (Wildman–Crippen LogP) is 2.25. The van der Waals surface area contributed by atoms with Crippen LogP contribution in [0, 0.1) is 0 Å². The molecule has 0 fully saturated rings. The molecule has 1 amide bonds. The van der Waals surface area contributed by atoms with Crippen molar-refractivity contribution in [2.24, 2.45) is 0 Å². The molecule has 3 N–H and O–H groups in total. The number of fused-ring (bicyclic) bond motifs is 1. The molecule has 0 atom stereocenters. The second kappa shape index (κ2) is 5.71. The zero-order valence-corrected chi connectivity index (χ0v) is 13.7. The summed E-state index contributed by atoms with van der Waals surface area (Å²) in [6.07, 6.45) is 0.193. The number of nitrogens with one attached hydrogen (secondary N) is 3. The SMILES string of the molecule is O=C1Cc2cc(S(=O)(=O)NNc3ccc(Br)cc3)ccc2N1. The Labute approximate surface area is 136 Å². The molecule has 8 heteroatoms. The van der Waals surface area contributed by atoms with E-state index in [9.17, 15) is 13.2 Å². The topological polar surface area (TPSA) is 87.3 Å². The molecule has 1 heterocycles. The Hall–Kier alpha value is -1.90. The first-order chi connectivity index (χ1) is 10.4. The van der Waals surface area contributed by atoms with E-state index in [1.807, 2.05) is 0 Å². The van der Waals surface area contributed by atoms with Crippen molar-refractivity contribution < 1.29 is 13.2 Å². The molecule has 6 nitrogen and oxygen atoms in total. The Balaban J connectivity index is 1.77. The second-order valence-corrected chi connectivity index (χ2v) is 7.38. The summed E-state index contributed by atoms with van der Waals surface area (Å²) in [5.41, 5.74) is 4.60. The average Bonchev–Trinajstić information content (AvgIpc) is 2.86. The van der Waals surface area contributed by atoms with Gasteiger partial charge in [-0.2, -0.15) is 0 Å². The maximum Gasteiger partial charge on any atom is 0.257 e. The van der Waals surface area contributed by atoms with Crippen LogP contribution < -0.4 is 15.6 Å². The molecule has 0 saturated heterocycles. The highest BCUT2D eigenvalue weighted by Gasteiger charge is 2.21. The minimum atomic E-state index is -3.72. The van der Waals surface area contributed by atoms with E-state index in [4.69, 9.17) is 0 Å². The highest BCUT2D eigenvalue weighted by Crippen LogP contribution is 2.25. The Bertz CT molecular complexity index is 835. The van der Waals surface area contributed by atoms with Gasteiger partial charge in [-0.05, 0) is 48.0 Å². The van der Waals surface area contributed by atoms with Crippen molar-refractivity contribution in [3.05, 3.63) is 52.5 Å². The third-order valence-electron chi connectivity index (χ3n) is 3.19. The molecule has 22 heavy (non-hydrogen) atoms. The first-order valence-corrected chi connectivity index (χ1v) is 8.68. The van der Waals surface area contributed by atoms with Crippen LogP contribution in [0.4, 0.5) is 11.4 Å². The van der Waals surface area contributed by atoms with Crippen LogP contribution in [-0.2, 0) is 21.2 Å². The number of hydrogen-bond donors (Lipinski definition) is 3. The van der Waals surface area contributed by atoms with E-state index in [2.05, 4.69) is 31.5 Å². The molecule has 3 rings (SSSR count). The molecule has 1 aliphatic rings. The fourth-order valence-electron chi connectivity index (χ4n) is 2.09. The summed E-state index contributed by atoms with van der Waals surface area (Å²) in [5, 5.41) is 2.66. The number of hydrazine groups is 1.